The zero-order valence-corrected chi connectivity index (χ0v) is 11.2. The normalized spacial score (nSPS) is 10.6. The maximum absolute atomic E-state index is 10.6. The molecule has 100 valence electrons. The number of nitrogens with one attached hydrogen (secondary N) is 1. The first kappa shape index (κ1) is 13.8. The Morgan fingerprint density at radius 3 is 2.84 bits per heavy atom. The lowest BCUT2D eigenvalue weighted by molar-refractivity contribution is -0.117. The number of aromatic nitrogens is 2. The zero-order chi connectivity index (χ0) is 13.8. The fourth-order valence-electron chi connectivity index (χ4n) is 1.37. The first-order valence-electron chi connectivity index (χ1n) is 5.33. The Balaban J connectivity index is 2.07. The predicted molar refractivity (Wildman–Crippen MR) is 70.7 cm³/mol. The number of hydrogen-bond acceptors (Lipinski definition) is 5. The zero-order valence-electron chi connectivity index (χ0n) is 9.69. The number of benzene rings is 1. The molecule has 3 N–H and O–H groups in total. The van der Waals surface area contributed by atoms with E-state index in [9.17, 15) is 4.79 Å². The van der Waals surface area contributed by atoms with Gasteiger partial charge in [0.25, 0.3) is 0 Å². The number of primary amides is 1. The van der Waals surface area contributed by atoms with Gasteiger partial charge in [0, 0.05) is 5.56 Å². The highest BCUT2D eigenvalue weighted by Crippen LogP contribution is 2.26. The van der Waals surface area contributed by atoms with Crippen LogP contribution in [0.5, 0.6) is 0 Å². The van der Waals surface area contributed by atoms with Crippen LogP contribution in [0, 0.1) is 0 Å². The van der Waals surface area contributed by atoms with Crippen LogP contribution in [0.4, 0.5) is 0 Å². The van der Waals surface area contributed by atoms with E-state index in [4.69, 9.17) is 33.5 Å². The quantitative estimate of drug-likeness (QED) is 0.875. The number of nitrogens with two attached hydrogens (primary N) is 1. The van der Waals surface area contributed by atoms with Crippen molar-refractivity contribution in [3.05, 3.63) is 34.1 Å². The molecule has 0 fully saturated rings. The van der Waals surface area contributed by atoms with Crippen LogP contribution >= 0.6 is 23.2 Å². The van der Waals surface area contributed by atoms with E-state index >= 15 is 0 Å². The summed E-state index contributed by atoms with van der Waals surface area (Å²) in [6, 6.07) is 5.04. The van der Waals surface area contributed by atoms with Crippen molar-refractivity contribution in [2.45, 2.75) is 6.54 Å². The van der Waals surface area contributed by atoms with E-state index in [0.717, 1.165) is 0 Å². The van der Waals surface area contributed by atoms with Crippen LogP contribution in [0.1, 0.15) is 5.89 Å². The van der Waals surface area contributed by atoms with Crippen molar-refractivity contribution in [2.24, 2.45) is 5.73 Å². The van der Waals surface area contributed by atoms with Crippen LogP contribution in [-0.4, -0.2) is 22.6 Å². The van der Waals surface area contributed by atoms with Gasteiger partial charge in [-0.05, 0) is 18.2 Å². The van der Waals surface area contributed by atoms with Crippen molar-refractivity contribution in [3.63, 3.8) is 0 Å². The summed E-state index contributed by atoms with van der Waals surface area (Å²) in [6.07, 6.45) is 0. The molecule has 19 heavy (non-hydrogen) atoms. The van der Waals surface area contributed by atoms with E-state index in [1.807, 2.05) is 0 Å². The number of hydrogen-bond donors (Lipinski definition) is 2. The van der Waals surface area contributed by atoms with Gasteiger partial charge in [-0.1, -0.05) is 28.4 Å². The molecule has 2 rings (SSSR count). The molecule has 0 saturated carbocycles. The molecule has 6 nitrogen and oxygen atoms in total. The van der Waals surface area contributed by atoms with Crippen molar-refractivity contribution >= 4 is 29.1 Å². The highest BCUT2D eigenvalue weighted by atomic mass is 35.5. The summed E-state index contributed by atoms with van der Waals surface area (Å²) in [7, 11) is 0. The fourth-order valence-corrected chi connectivity index (χ4v) is 1.67. The lowest BCUT2D eigenvalue weighted by Crippen LogP contribution is -2.28. The van der Waals surface area contributed by atoms with E-state index in [1.165, 1.54) is 0 Å². The number of amides is 1. The number of carbonyl (C=O) groups is 1. The number of nitrogens with zero attached hydrogens (tertiary/aromatic N) is 2. The van der Waals surface area contributed by atoms with Crippen molar-refractivity contribution in [1.82, 2.24) is 15.5 Å². The topological polar surface area (TPSA) is 94.0 Å². The Morgan fingerprint density at radius 1 is 1.37 bits per heavy atom. The standard InChI is InChI=1S/C11H10Cl2N4O2/c12-7-2-1-6(3-8(7)13)11-16-10(19-17-11)5-15-4-9(14)18/h1-3,15H,4-5H2,(H2,14,18). The van der Waals surface area contributed by atoms with Crippen LogP contribution in [0.25, 0.3) is 11.4 Å². The summed E-state index contributed by atoms with van der Waals surface area (Å²) in [4.78, 5) is 14.7. The van der Waals surface area contributed by atoms with Gasteiger partial charge in [-0.15, -0.1) is 0 Å². The molecule has 8 heteroatoms. The third-order valence-electron chi connectivity index (χ3n) is 2.22. The van der Waals surface area contributed by atoms with Gasteiger partial charge in [0.2, 0.25) is 17.6 Å². The molecular formula is C11H10Cl2N4O2. The fraction of sp³-hybridized carbons (Fsp3) is 0.182. The van der Waals surface area contributed by atoms with Crippen LogP contribution in [0.15, 0.2) is 22.7 Å². The maximum Gasteiger partial charge on any atom is 0.240 e. The Hall–Kier alpha value is -1.63. The molecule has 0 aliphatic heterocycles. The Labute approximate surface area is 118 Å². The van der Waals surface area contributed by atoms with Gasteiger partial charge in [-0.2, -0.15) is 4.98 Å². The first-order valence-corrected chi connectivity index (χ1v) is 6.09. The molecular weight excluding hydrogens is 291 g/mol. The van der Waals surface area contributed by atoms with Gasteiger partial charge in [0.15, 0.2) is 0 Å². The second-order valence-electron chi connectivity index (χ2n) is 3.71. The van der Waals surface area contributed by atoms with Gasteiger partial charge >= 0.3 is 0 Å². The van der Waals surface area contributed by atoms with Crippen LogP contribution in [0.2, 0.25) is 10.0 Å². The molecule has 1 aromatic carbocycles. The molecule has 1 heterocycles. The largest absolute Gasteiger partial charge is 0.369 e. The van der Waals surface area contributed by atoms with Crippen molar-refractivity contribution in [3.8, 4) is 11.4 Å². The van der Waals surface area contributed by atoms with Crippen LogP contribution < -0.4 is 11.1 Å². The minimum Gasteiger partial charge on any atom is -0.369 e. The van der Waals surface area contributed by atoms with E-state index in [2.05, 4.69) is 15.5 Å². The average molecular weight is 301 g/mol. The van der Waals surface area contributed by atoms with Crippen molar-refractivity contribution in [1.29, 1.82) is 0 Å². The third kappa shape index (κ3) is 3.66. The molecule has 1 aromatic heterocycles. The lowest BCUT2D eigenvalue weighted by Gasteiger charge is -1.97. The minimum atomic E-state index is -0.454. The van der Waals surface area contributed by atoms with Gasteiger partial charge < -0.3 is 10.3 Å². The molecule has 0 aliphatic carbocycles. The first-order chi connectivity index (χ1) is 9.06. The molecule has 0 saturated heterocycles. The highest BCUT2D eigenvalue weighted by molar-refractivity contribution is 6.42. The minimum absolute atomic E-state index is 0.0461. The molecule has 0 unspecified atom stereocenters. The highest BCUT2D eigenvalue weighted by Gasteiger charge is 2.10. The van der Waals surface area contributed by atoms with Gasteiger partial charge in [-0.3, -0.25) is 10.1 Å². The van der Waals surface area contributed by atoms with E-state index < -0.39 is 5.91 Å². The Bertz CT molecular complexity index is 600. The number of rotatable bonds is 5. The summed E-state index contributed by atoms with van der Waals surface area (Å²) in [5, 5.41) is 7.45. The molecule has 0 aliphatic rings. The second kappa shape index (κ2) is 6.01. The van der Waals surface area contributed by atoms with E-state index in [1.54, 1.807) is 18.2 Å². The summed E-state index contributed by atoms with van der Waals surface area (Å²) in [5.74, 6) is 0.293. The van der Waals surface area contributed by atoms with Crippen molar-refractivity contribution in [2.75, 3.05) is 6.54 Å². The smallest absolute Gasteiger partial charge is 0.240 e. The molecule has 0 atom stereocenters. The third-order valence-corrected chi connectivity index (χ3v) is 2.96. The molecule has 0 spiro atoms. The molecule has 0 radical (unpaired) electrons. The SMILES string of the molecule is NC(=O)CNCc1nc(-c2ccc(Cl)c(Cl)c2)no1. The average Bonchev–Trinajstić information content (AvgIpc) is 2.81. The van der Waals surface area contributed by atoms with E-state index in [-0.39, 0.29) is 13.1 Å². The summed E-state index contributed by atoms with van der Waals surface area (Å²) < 4.78 is 5.02. The number of carbonyl (C=O) groups excluding carboxylic acids is 1. The lowest BCUT2D eigenvalue weighted by atomic mass is 10.2. The summed E-state index contributed by atoms with van der Waals surface area (Å²) >= 11 is 11.7. The van der Waals surface area contributed by atoms with Gasteiger partial charge in [0.1, 0.15) is 0 Å². The Kier molecular flexibility index (Phi) is 4.36. The van der Waals surface area contributed by atoms with Crippen molar-refractivity contribution < 1.29 is 9.32 Å². The molecule has 1 amide bonds. The second-order valence-corrected chi connectivity index (χ2v) is 4.52. The van der Waals surface area contributed by atoms with E-state index in [0.29, 0.717) is 27.3 Å². The summed E-state index contributed by atoms with van der Waals surface area (Å²) in [6.45, 7) is 0.307. The van der Waals surface area contributed by atoms with Crippen LogP contribution in [0.3, 0.4) is 0 Å². The molecule has 0 bridgehead atoms. The molecule has 2 aromatic rings. The maximum atomic E-state index is 10.6. The number of halogens is 2. The Morgan fingerprint density at radius 2 is 2.16 bits per heavy atom. The monoisotopic (exact) mass is 300 g/mol. The van der Waals surface area contributed by atoms with Crippen LogP contribution in [-0.2, 0) is 11.3 Å². The predicted octanol–water partition coefficient (Wildman–Crippen LogP) is 1.62. The summed E-state index contributed by atoms with van der Waals surface area (Å²) in [5.41, 5.74) is 5.68. The van der Waals surface area contributed by atoms with Gasteiger partial charge in [-0.25, -0.2) is 0 Å². The van der Waals surface area contributed by atoms with Gasteiger partial charge in [0.05, 0.1) is 23.1 Å².